The first-order chi connectivity index (χ1) is 7.13. The van der Waals surface area contributed by atoms with Crippen LogP contribution in [0.3, 0.4) is 0 Å². The van der Waals surface area contributed by atoms with Crippen LogP contribution in [-0.2, 0) is 9.53 Å². The van der Waals surface area contributed by atoms with E-state index in [9.17, 15) is 4.79 Å². The monoisotopic (exact) mass is 225 g/mol. The van der Waals surface area contributed by atoms with E-state index in [1.54, 1.807) is 6.92 Å². The zero-order valence-electron chi connectivity index (χ0n) is 8.86. The van der Waals surface area contributed by atoms with Crippen LogP contribution in [0.15, 0.2) is 24.3 Å². The Balaban J connectivity index is 2.54. The third-order valence-corrected chi connectivity index (χ3v) is 2.20. The molecule has 1 atom stereocenters. The van der Waals surface area contributed by atoms with E-state index < -0.39 is 5.37 Å². The van der Waals surface area contributed by atoms with E-state index in [1.165, 1.54) is 5.56 Å². The Kier molecular flexibility index (Phi) is 4.49. The first-order valence-corrected chi connectivity index (χ1v) is 5.33. The molecule has 1 unspecified atom stereocenters. The van der Waals surface area contributed by atoms with E-state index in [0.29, 0.717) is 6.61 Å². The lowest BCUT2D eigenvalue weighted by molar-refractivity contribution is -0.141. The third kappa shape index (κ3) is 3.83. The van der Waals surface area contributed by atoms with Crippen molar-refractivity contribution in [3.8, 4) is 0 Å². The number of carbonyl (C=O) groups excluding carboxylic acids is 1. The summed E-state index contributed by atoms with van der Waals surface area (Å²) in [5.41, 5.74) is 2.03. The van der Waals surface area contributed by atoms with Gasteiger partial charge in [-0.15, -0.1) is 12.6 Å². The summed E-state index contributed by atoms with van der Waals surface area (Å²) in [6, 6.07) is 7.73. The molecule has 0 aliphatic rings. The quantitative estimate of drug-likeness (QED) is 0.469. The Labute approximate surface area is 95.2 Å². The smallest absolute Gasteiger partial charge is 0.338 e. The standard InChI is InChI=1S/C11H15NO2S/c1-3-14-11(13)10(15)12-9-6-4-8(2)5-7-9/h4-7,10,12,15H,3H2,1-2H3. The van der Waals surface area contributed by atoms with Crippen LogP contribution in [0.25, 0.3) is 0 Å². The van der Waals surface area contributed by atoms with Gasteiger partial charge in [0.25, 0.3) is 0 Å². The Morgan fingerprint density at radius 2 is 2.07 bits per heavy atom. The molecule has 1 aromatic rings. The first kappa shape index (κ1) is 11.9. The lowest BCUT2D eigenvalue weighted by Crippen LogP contribution is -2.25. The van der Waals surface area contributed by atoms with Crippen molar-refractivity contribution in [3.63, 3.8) is 0 Å². The molecule has 0 bridgehead atoms. The van der Waals surface area contributed by atoms with Crippen LogP contribution in [0.1, 0.15) is 12.5 Å². The van der Waals surface area contributed by atoms with Gasteiger partial charge in [0.2, 0.25) is 0 Å². The molecule has 0 radical (unpaired) electrons. The van der Waals surface area contributed by atoms with E-state index in [4.69, 9.17) is 4.74 Å². The third-order valence-electron chi connectivity index (χ3n) is 1.86. The number of hydrogen-bond acceptors (Lipinski definition) is 4. The maximum atomic E-state index is 11.3. The first-order valence-electron chi connectivity index (χ1n) is 4.81. The second-order valence-corrected chi connectivity index (χ2v) is 3.68. The maximum Gasteiger partial charge on any atom is 0.338 e. The second kappa shape index (κ2) is 5.66. The number of nitrogens with one attached hydrogen (secondary N) is 1. The molecule has 0 amide bonds. The molecule has 1 N–H and O–H groups in total. The predicted octanol–water partition coefficient (Wildman–Crippen LogP) is 2.23. The molecule has 0 heterocycles. The Morgan fingerprint density at radius 1 is 1.47 bits per heavy atom. The highest BCUT2D eigenvalue weighted by atomic mass is 32.1. The van der Waals surface area contributed by atoms with E-state index in [0.717, 1.165) is 5.69 Å². The Bertz CT molecular complexity index is 324. The summed E-state index contributed by atoms with van der Waals surface area (Å²) in [4.78, 5) is 11.3. The summed E-state index contributed by atoms with van der Waals surface area (Å²) in [6.07, 6.45) is 0. The van der Waals surface area contributed by atoms with Gasteiger partial charge < -0.3 is 10.1 Å². The molecular weight excluding hydrogens is 210 g/mol. The summed E-state index contributed by atoms with van der Waals surface area (Å²) in [5.74, 6) is -0.360. The minimum atomic E-state index is -0.618. The van der Waals surface area contributed by atoms with Gasteiger partial charge in [-0.3, -0.25) is 0 Å². The van der Waals surface area contributed by atoms with Crippen molar-refractivity contribution in [2.24, 2.45) is 0 Å². The average molecular weight is 225 g/mol. The molecule has 1 aromatic carbocycles. The van der Waals surface area contributed by atoms with Crippen molar-refractivity contribution in [2.75, 3.05) is 11.9 Å². The number of aryl methyl sites for hydroxylation is 1. The molecule has 0 spiro atoms. The molecule has 15 heavy (non-hydrogen) atoms. The van der Waals surface area contributed by atoms with Gasteiger partial charge in [-0.25, -0.2) is 4.79 Å². The minimum absolute atomic E-state index is 0.360. The molecule has 0 fully saturated rings. The number of rotatable bonds is 4. The number of esters is 1. The molecule has 0 aromatic heterocycles. The van der Waals surface area contributed by atoms with Gasteiger partial charge in [0, 0.05) is 5.69 Å². The Morgan fingerprint density at radius 3 is 2.60 bits per heavy atom. The molecule has 1 rings (SSSR count). The fourth-order valence-corrected chi connectivity index (χ4v) is 1.31. The highest BCUT2D eigenvalue weighted by Gasteiger charge is 2.13. The number of carbonyl (C=O) groups is 1. The van der Waals surface area contributed by atoms with Crippen LogP contribution < -0.4 is 5.32 Å². The molecular formula is C11H15NO2S. The predicted molar refractivity (Wildman–Crippen MR) is 64.2 cm³/mol. The van der Waals surface area contributed by atoms with E-state index in [1.807, 2.05) is 31.2 Å². The van der Waals surface area contributed by atoms with Crippen LogP contribution in [0.5, 0.6) is 0 Å². The SMILES string of the molecule is CCOC(=O)C(S)Nc1ccc(C)cc1. The average Bonchev–Trinajstić information content (AvgIpc) is 2.22. The minimum Gasteiger partial charge on any atom is -0.464 e. The number of hydrogen-bond donors (Lipinski definition) is 2. The van der Waals surface area contributed by atoms with Crippen molar-refractivity contribution in [1.29, 1.82) is 0 Å². The molecule has 0 aliphatic carbocycles. The maximum absolute atomic E-state index is 11.3. The van der Waals surface area contributed by atoms with Gasteiger partial charge in [0.1, 0.15) is 0 Å². The van der Waals surface area contributed by atoms with Crippen molar-refractivity contribution < 1.29 is 9.53 Å². The molecule has 0 saturated carbocycles. The van der Waals surface area contributed by atoms with Gasteiger partial charge in [-0.1, -0.05) is 17.7 Å². The largest absolute Gasteiger partial charge is 0.464 e. The molecule has 0 aliphatic heterocycles. The van der Waals surface area contributed by atoms with E-state index in [-0.39, 0.29) is 5.97 Å². The number of anilines is 1. The van der Waals surface area contributed by atoms with Gasteiger partial charge in [0.15, 0.2) is 5.37 Å². The zero-order valence-corrected chi connectivity index (χ0v) is 9.75. The van der Waals surface area contributed by atoms with Crippen molar-refractivity contribution >= 4 is 24.3 Å². The lowest BCUT2D eigenvalue weighted by Gasteiger charge is -2.12. The topological polar surface area (TPSA) is 38.3 Å². The summed E-state index contributed by atoms with van der Waals surface area (Å²) in [5, 5.41) is 2.33. The summed E-state index contributed by atoms with van der Waals surface area (Å²) >= 11 is 4.11. The number of thiol groups is 1. The summed E-state index contributed by atoms with van der Waals surface area (Å²) in [6.45, 7) is 4.14. The van der Waals surface area contributed by atoms with E-state index >= 15 is 0 Å². The second-order valence-electron chi connectivity index (χ2n) is 3.16. The number of ether oxygens (including phenoxy) is 1. The summed E-state index contributed by atoms with van der Waals surface area (Å²) < 4.78 is 4.82. The van der Waals surface area contributed by atoms with E-state index in [2.05, 4.69) is 17.9 Å². The Hall–Kier alpha value is -1.16. The summed E-state index contributed by atoms with van der Waals surface area (Å²) in [7, 11) is 0. The van der Waals surface area contributed by atoms with Gasteiger partial charge in [-0.05, 0) is 26.0 Å². The van der Waals surface area contributed by atoms with Crippen molar-refractivity contribution in [2.45, 2.75) is 19.2 Å². The zero-order chi connectivity index (χ0) is 11.3. The lowest BCUT2D eigenvalue weighted by atomic mass is 10.2. The van der Waals surface area contributed by atoms with Crippen LogP contribution in [-0.4, -0.2) is 18.0 Å². The highest BCUT2D eigenvalue weighted by molar-refractivity contribution is 7.81. The van der Waals surface area contributed by atoms with Gasteiger partial charge in [0.05, 0.1) is 6.61 Å². The van der Waals surface area contributed by atoms with Crippen LogP contribution in [0.4, 0.5) is 5.69 Å². The van der Waals surface area contributed by atoms with Crippen LogP contribution >= 0.6 is 12.6 Å². The van der Waals surface area contributed by atoms with Crippen molar-refractivity contribution in [1.82, 2.24) is 0 Å². The normalized spacial score (nSPS) is 11.9. The van der Waals surface area contributed by atoms with Crippen LogP contribution in [0.2, 0.25) is 0 Å². The fourth-order valence-electron chi connectivity index (χ4n) is 1.09. The van der Waals surface area contributed by atoms with Gasteiger partial charge >= 0.3 is 5.97 Å². The molecule has 82 valence electrons. The number of benzene rings is 1. The molecule has 0 saturated heterocycles. The highest BCUT2D eigenvalue weighted by Crippen LogP contribution is 2.11. The van der Waals surface area contributed by atoms with Gasteiger partial charge in [-0.2, -0.15) is 0 Å². The fraction of sp³-hybridized carbons (Fsp3) is 0.364. The molecule has 3 nitrogen and oxygen atoms in total. The van der Waals surface area contributed by atoms with Crippen molar-refractivity contribution in [3.05, 3.63) is 29.8 Å². The van der Waals surface area contributed by atoms with Crippen LogP contribution in [0, 0.1) is 6.92 Å². The molecule has 4 heteroatoms.